The summed E-state index contributed by atoms with van der Waals surface area (Å²) < 4.78 is 28.9. The van der Waals surface area contributed by atoms with E-state index in [4.69, 9.17) is 11.6 Å². The van der Waals surface area contributed by atoms with E-state index in [1.165, 1.54) is 23.0 Å². The normalized spacial score (nSPS) is 22.5. The van der Waals surface area contributed by atoms with Crippen molar-refractivity contribution in [2.75, 3.05) is 13.1 Å². The number of halogens is 3. The summed E-state index contributed by atoms with van der Waals surface area (Å²) in [4.78, 5) is 29.4. The van der Waals surface area contributed by atoms with Gasteiger partial charge in [-0.3, -0.25) is 14.5 Å². The van der Waals surface area contributed by atoms with Crippen LogP contribution < -0.4 is 0 Å². The number of Topliss-reactive ketones (excluding diaryl/α,β-unsaturated/α-hetero) is 2. The molecule has 1 saturated carbocycles. The van der Waals surface area contributed by atoms with Crippen molar-refractivity contribution in [2.45, 2.75) is 82.8 Å². The Hall–Kier alpha value is -2.94. The topological polar surface area (TPSA) is 75.4 Å². The highest BCUT2D eigenvalue weighted by Gasteiger charge is 2.49. The third kappa shape index (κ3) is 6.82. The zero-order valence-electron chi connectivity index (χ0n) is 24.4. The van der Waals surface area contributed by atoms with Gasteiger partial charge in [0.05, 0.1) is 5.60 Å². The third-order valence-corrected chi connectivity index (χ3v) is 9.25. The molecule has 1 aromatic heterocycles. The van der Waals surface area contributed by atoms with E-state index in [1.807, 2.05) is 45.0 Å². The lowest BCUT2D eigenvalue weighted by Gasteiger charge is -2.55. The zero-order valence-corrected chi connectivity index (χ0v) is 25.1. The van der Waals surface area contributed by atoms with Crippen molar-refractivity contribution >= 4 is 23.2 Å². The Morgan fingerprint density at radius 2 is 1.79 bits per heavy atom. The molecule has 1 aliphatic carbocycles. The van der Waals surface area contributed by atoms with E-state index in [0.717, 1.165) is 43.4 Å². The van der Waals surface area contributed by atoms with Gasteiger partial charge in [-0.2, -0.15) is 5.10 Å². The minimum Gasteiger partial charge on any atom is -0.390 e. The second-order valence-electron chi connectivity index (χ2n) is 13.3. The van der Waals surface area contributed by atoms with Crippen LogP contribution in [-0.4, -0.2) is 56.1 Å². The largest absolute Gasteiger partial charge is 0.390 e. The van der Waals surface area contributed by atoms with Crippen LogP contribution in [0.2, 0.25) is 5.02 Å². The molecular formula is C33H38ClF2N3O3. The number of benzene rings is 2. The smallest absolute Gasteiger partial charge is 0.183 e. The van der Waals surface area contributed by atoms with Crippen molar-refractivity contribution < 1.29 is 23.5 Å². The predicted molar refractivity (Wildman–Crippen MR) is 158 cm³/mol. The molecule has 42 heavy (non-hydrogen) atoms. The molecule has 1 aliphatic heterocycles. The average Bonchev–Trinajstić information content (AvgIpc) is 3.37. The van der Waals surface area contributed by atoms with E-state index in [9.17, 15) is 23.5 Å². The maximum absolute atomic E-state index is 14.3. The summed E-state index contributed by atoms with van der Waals surface area (Å²) in [5.41, 5.74) is -0.397. The van der Waals surface area contributed by atoms with Crippen molar-refractivity contribution in [1.29, 1.82) is 0 Å². The molecule has 0 atom stereocenters. The van der Waals surface area contributed by atoms with E-state index >= 15 is 0 Å². The van der Waals surface area contributed by atoms with Gasteiger partial charge in [-0.15, -0.1) is 0 Å². The second-order valence-corrected chi connectivity index (χ2v) is 13.7. The number of rotatable bonds is 10. The standard InChI is InChI=1S/C33H38ClF2N3O3/c1-31(2,22-5-4-6-23(34)15-22)17-26(40)18-33(20-38(21-33)25-9-12-32(3,42)13-10-25)19-30(41)28-11-14-39(37-28)29-8-7-24(35)16-27(29)36/h4-8,11,14-16,25,42H,9-10,12-13,17-21H2,1-3H3. The fourth-order valence-corrected chi connectivity index (χ4v) is 6.83. The van der Waals surface area contributed by atoms with Gasteiger partial charge in [0.1, 0.15) is 23.0 Å². The molecule has 2 aromatic carbocycles. The van der Waals surface area contributed by atoms with Gasteiger partial charge < -0.3 is 5.11 Å². The van der Waals surface area contributed by atoms with E-state index in [1.54, 1.807) is 0 Å². The number of hydrogen-bond acceptors (Lipinski definition) is 5. The summed E-state index contributed by atoms with van der Waals surface area (Å²) in [7, 11) is 0. The van der Waals surface area contributed by atoms with Gasteiger partial charge in [-0.05, 0) is 73.9 Å². The molecular weight excluding hydrogens is 560 g/mol. The zero-order chi connectivity index (χ0) is 30.3. The maximum Gasteiger partial charge on any atom is 0.183 e. The monoisotopic (exact) mass is 597 g/mol. The Labute approximate surface area is 250 Å². The highest BCUT2D eigenvalue weighted by molar-refractivity contribution is 6.30. The summed E-state index contributed by atoms with van der Waals surface area (Å²) >= 11 is 6.22. The number of aliphatic hydroxyl groups is 1. The number of ketones is 2. The van der Waals surface area contributed by atoms with Crippen LogP contribution in [0.5, 0.6) is 0 Å². The van der Waals surface area contributed by atoms with Gasteiger partial charge in [0.25, 0.3) is 0 Å². The van der Waals surface area contributed by atoms with E-state index in [0.29, 0.717) is 30.6 Å². The number of carbonyl (C=O) groups excluding carboxylic acids is 2. The summed E-state index contributed by atoms with van der Waals surface area (Å²) in [6.07, 6.45) is 5.40. The number of likely N-dealkylation sites (tertiary alicyclic amines) is 1. The number of hydrogen-bond donors (Lipinski definition) is 1. The third-order valence-electron chi connectivity index (χ3n) is 9.01. The van der Waals surface area contributed by atoms with Gasteiger partial charge >= 0.3 is 0 Å². The predicted octanol–water partition coefficient (Wildman–Crippen LogP) is 6.70. The first-order chi connectivity index (χ1) is 19.7. The second kappa shape index (κ2) is 11.6. The van der Waals surface area contributed by atoms with Gasteiger partial charge in [-0.1, -0.05) is 37.6 Å². The molecule has 224 valence electrons. The van der Waals surface area contributed by atoms with Crippen molar-refractivity contribution in [2.24, 2.45) is 5.41 Å². The lowest BCUT2D eigenvalue weighted by Crippen LogP contribution is -2.62. The number of aromatic nitrogens is 2. The minimum absolute atomic E-state index is 0.0478. The minimum atomic E-state index is -0.775. The molecule has 1 saturated heterocycles. The highest BCUT2D eigenvalue weighted by Crippen LogP contribution is 2.44. The van der Waals surface area contributed by atoms with Crippen LogP contribution in [0.25, 0.3) is 5.69 Å². The molecule has 2 aliphatic rings. The van der Waals surface area contributed by atoms with Crippen LogP contribution in [0.15, 0.2) is 54.7 Å². The Morgan fingerprint density at radius 3 is 2.45 bits per heavy atom. The van der Waals surface area contributed by atoms with Crippen LogP contribution in [0, 0.1) is 17.0 Å². The quantitative estimate of drug-likeness (QED) is 0.263. The molecule has 0 bridgehead atoms. The molecule has 1 N–H and O–H groups in total. The lowest BCUT2D eigenvalue weighted by atomic mass is 9.68. The molecule has 0 spiro atoms. The van der Waals surface area contributed by atoms with Crippen LogP contribution in [0.3, 0.4) is 0 Å². The summed E-state index contributed by atoms with van der Waals surface area (Å²) in [5, 5.41) is 15.3. The fraction of sp³-hybridized carbons (Fsp3) is 0.485. The first-order valence-corrected chi connectivity index (χ1v) is 14.9. The Bertz CT molecular complexity index is 1470. The molecule has 2 fully saturated rings. The van der Waals surface area contributed by atoms with E-state index in [-0.39, 0.29) is 35.8 Å². The summed E-state index contributed by atoms with van der Waals surface area (Å²) in [6, 6.07) is 12.6. The fourth-order valence-electron chi connectivity index (χ4n) is 6.64. The average molecular weight is 598 g/mol. The molecule has 5 rings (SSSR count). The van der Waals surface area contributed by atoms with Crippen molar-refractivity contribution in [1.82, 2.24) is 14.7 Å². The first-order valence-electron chi connectivity index (χ1n) is 14.5. The van der Waals surface area contributed by atoms with Gasteiger partial charge in [-0.25, -0.2) is 13.5 Å². The van der Waals surface area contributed by atoms with Crippen LogP contribution in [0.1, 0.15) is 81.8 Å². The van der Waals surface area contributed by atoms with Crippen molar-refractivity contribution in [3.8, 4) is 5.69 Å². The Balaban J connectivity index is 1.31. The Kier molecular flexibility index (Phi) is 8.45. The van der Waals surface area contributed by atoms with Crippen molar-refractivity contribution in [3.05, 3.63) is 82.6 Å². The molecule has 0 amide bonds. The van der Waals surface area contributed by atoms with Crippen LogP contribution in [-0.2, 0) is 10.2 Å². The maximum atomic E-state index is 14.3. The summed E-state index contributed by atoms with van der Waals surface area (Å²) in [5.74, 6) is -1.61. The SMILES string of the molecule is CC1(O)CCC(N2CC(CC(=O)CC(C)(C)c3cccc(Cl)c3)(CC(=O)c3ccn(-c4ccc(F)cc4F)n3)C2)CC1. The Morgan fingerprint density at radius 1 is 1.07 bits per heavy atom. The van der Waals surface area contributed by atoms with E-state index in [2.05, 4.69) is 10.00 Å². The van der Waals surface area contributed by atoms with Crippen LogP contribution in [0.4, 0.5) is 8.78 Å². The number of carbonyl (C=O) groups is 2. The molecule has 6 nitrogen and oxygen atoms in total. The molecule has 0 radical (unpaired) electrons. The van der Waals surface area contributed by atoms with Gasteiger partial charge in [0, 0.05) is 61.1 Å². The molecule has 0 unspecified atom stereocenters. The van der Waals surface area contributed by atoms with E-state index < -0.39 is 28.1 Å². The summed E-state index contributed by atoms with van der Waals surface area (Å²) in [6.45, 7) is 7.15. The molecule has 2 heterocycles. The lowest BCUT2D eigenvalue weighted by molar-refractivity contribution is -0.128. The van der Waals surface area contributed by atoms with Crippen LogP contribution >= 0.6 is 11.6 Å². The number of nitrogens with zero attached hydrogens (tertiary/aromatic N) is 3. The van der Waals surface area contributed by atoms with Gasteiger partial charge in [0.15, 0.2) is 11.6 Å². The van der Waals surface area contributed by atoms with Crippen molar-refractivity contribution in [3.63, 3.8) is 0 Å². The van der Waals surface area contributed by atoms with Gasteiger partial charge in [0.2, 0.25) is 0 Å². The first kappa shape index (κ1) is 30.5. The molecule has 3 aromatic rings. The highest BCUT2D eigenvalue weighted by atomic mass is 35.5. The molecule has 9 heteroatoms.